The van der Waals surface area contributed by atoms with Crippen molar-refractivity contribution in [1.82, 2.24) is 0 Å². The van der Waals surface area contributed by atoms with Crippen LogP contribution in [0.15, 0.2) is 0 Å². The molecule has 0 aromatic carbocycles. The standard InChI is InChI=1S/C6H14O.C4H8O2/c1-5(2)7-6(3)4;1-3-6-4(2)5/h5-6H,1-4H3;3H2,1-2H3. The molecule has 80 valence electrons. The van der Waals surface area contributed by atoms with E-state index in [0.29, 0.717) is 18.8 Å². The molecule has 0 spiro atoms. The van der Waals surface area contributed by atoms with Crippen LogP contribution < -0.4 is 0 Å². The lowest BCUT2D eigenvalue weighted by Crippen LogP contribution is -2.09. The van der Waals surface area contributed by atoms with E-state index in [2.05, 4.69) is 4.74 Å². The van der Waals surface area contributed by atoms with Crippen LogP contribution in [0, 0.1) is 0 Å². The quantitative estimate of drug-likeness (QED) is 0.641. The summed E-state index contributed by atoms with van der Waals surface area (Å²) in [7, 11) is 0. The SMILES string of the molecule is CC(C)OC(C)C.CCOC(C)=O. The summed E-state index contributed by atoms with van der Waals surface area (Å²) in [5, 5.41) is 0. The van der Waals surface area contributed by atoms with Crippen LogP contribution in [0.2, 0.25) is 0 Å². The predicted molar refractivity (Wildman–Crippen MR) is 53.7 cm³/mol. The van der Waals surface area contributed by atoms with Gasteiger partial charge in [0.05, 0.1) is 18.8 Å². The number of carbonyl (C=O) groups excluding carboxylic acids is 1. The summed E-state index contributed by atoms with van der Waals surface area (Å²) in [5.41, 5.74) is 0. The van der Waals surface area contributed by atoms with Gasteiger partial charge in [0.1, 0.15) is 0 Å². The normalized spacial score (nSPS) is 9.54. The number of hydrogen-bond donors (Lipinski definition) is 0. The third-order valence-corrected chi connectivity index (χ3v) is 0.892. The van der Waals surface area contributed by atoms with Crippen molar-refractivity contribution in [3.63, 3.8) is 0 Å². The highest BCUT2D eigenvalue weighted by atomic mass is 16.5. The molecular formula is C10H22O3. The third-order valence-electron chi connectivity index (χ3n) is 0.892. The van der Waals surface area contributed by atoms with Crippen molar-refractivity contribution in [3.8, 4) is 0 Å². The fourth-order valence-electron chi connectivity index (χ4n) is 0.748. The molecule has 0 fully saturated rings. The number of ether oxygens (including phenoxy) is 2. The van der Waals surface area contributed by atoms with Crippen LogP contribution in [-0.4, -0.2) is 24.8 Å². The lowest BCUT2D eigenvalue weighted by Gasteiger charge is -2.09. The van der Waals surface area contributed by atoms with Gasteiger partial charge in [-0.2, -0.15) is 0 Å². The first-order chi connectivity index (χ1) is 5.90. The Morgan fingerprint density at radius 2 is 1.54 bits per heavy atom. The van der Waals surface area contributed by atoms with Crippen LogP contribution in [0.3, 0.4) is 0 Å². The minimum Gasteiger partial charge on any atom is -0.466 e. The molecule has 0 aromatic rings. The first-order valence-corrected chi connectivity index (χ1v) is 4.68. The summed E-state index contributed by atoms with van der Waals surface area (Å²) in [6, 6.07) is 0. The predicted octanol–water partition coefficient (Wildman–Crippen LogP) is 2.39. The lowest BCUT2D eigenvalue weighted by molar-refractivity contribution is -0.140. The van der Waals surface area contributed by atoms with Crippen LogP contribution in [0.5, 0.6) is 0 Å². The van der Waals surface area contributed by atoms with Gasteiger partial charge >= 0.3 is 5.97 Å². The van der Waals surface area contributed by atoms with Crippen molar-refractivity contribution in [2.45, 2.75) is 53.8 Å². The first-order valence-electron chi connectivity index (χ1n) is 4.68. The molecule has 0 aliphatic rings. The van der Waals surface area contributed by atoms with Crippen molar-refractivity contribution in [2.24, 2.45) is 0 Å². The van der Waals surface area contributed by atoms with Crippen molar-refractivity contribution in [3.05, 3.63) is 0 Å². The Balaban J connectivity index is 0. The van der Waals surface area contributed by atoms with E-state index in [1.807, 2.05) is 27.7 Å². The smallest absolute Gasteiger partial charge is 0.302 e. The molecule has 3 heteroatoms. The Bertz CT molecular complexity index is 113. The molecule has 3 nitrogen and oxygen atoms in total. The molecule has 0 rings (SSSR count). The van der Waals surface area contributed by atoms with Gasteiger partial charge in [-0.25, -0.2) is 0 Å². The van der Waals surface area contributed by atoms with Gasteiger partial charge in [0.15, 0.2) is 0 Å². The molecule has 0 atom stereocenters. The summed E-state index contributed by atoms with van der Waals surface area (Å²) in [6.07, 6.45) is 0.750. The molecular weight excluding hydrogens is 168 g/mol. The Labute approximate surface area is 81.4 Å². The van der Waals surface area contributed by atoms with E-state index < -0.39 is 0 Å². The maximum atomic E-state index is 9.82. The van der Waals surface area contributed by atoms with Gasteiger partial charge in [-0.1, -0.05) is 0 Å². The maximum Gasteiger partial charge on any atom is 0.302 e. The van der Waals surface area contributed by atoms with Gasteiger partial charge in [-0.15, -0.1) is 0 Å². The molecule has 0 saturated heterocycles. The van der Waals surface area contributed by atoms with E-state index in [1.165, 1.54) is 6.92 Å². The molecule has 0 radical (unpaired) electrons. The van der Waals surface area contributed by atoms with E-state index in [1.54, 1.807) is 6.92 Å². The van der Waals surface area contributed by atoms with Crippen LogP contribution in [0.4, 0.5) is 0 Å². The number of esters is 1. The highest BCUT2D eigenvalue weighted by molar-refractivity contribution is 5.65. The summed E-state index contributed by atoms with van der Waals surface area (Å²) in [5.74, 6) is -0.211. The second-order valence-electron chi connectivity index (χ2n) is 3.16. The molecule has 0 heterocycles. The lowest BCUT2D eigenvalue weighted by atomic mass is 10.4. The van der Waals surface area contributed by atoms with Gasteiger partial charge in [0.25, 0.3) is 0 Å². The fourth-order valence-corrected chi connectivity index (χ4v) is 0.748. The topological polar surface area (TPSA) is 35.5 Å². The summed E-state index contributed by atoms with van der Waals surface area (Å²) in [4.78, 5) is 9.82. The van der Waals surface area contributed by atoms with Crippen molar-refractivity contribution in [1.29, 1.82) is 0 Å². The summed E-state index contributed by atoms with van der Waals surface area (Å²) < 4.78 is 9.65. The fraction of sp³-hybridized carbons (Fsp3) is 0.900. The van der Waals surface area contributed by atoms with Crippen molar-refractivity contribution < 1.29 is 14.3 Å². The minimum atomic E-state index is -0.211. The second kappa shape index (κ2) is 9.52. The Hall–Kier alpha value is -0.570. The van der Waals surface area contributed by atoms with Gasteiger partial charge in [-0.05, 0) is 34.6 Å². The van der Waals surface area contributed by atoms with Crippen LogP contribution in [-0.2, 0) is 14.3 Å². The Morgan fingerprint density at radius 1 is 1.15 bits per heavy atom. The van der Waals surface area contributed by atoms with Gasteiger partial charge in [0.2, 0.25) is 0 Å². The molecule has 0 aliphatic heterocycles. The van der Waals surface area contributed by atoms with Crippen LogP contribution in [0.1, 0.15) is 41.5 Å². The van der Waals surface area contributed by atoms with Crippen LogP contribution >= 0.6 is 0 Å². The summed E-state index contributed by atoms with van der Waals surface area (Å²) in [6.45, 7) is 11.8. The third kappa shape index (κ3) is 24.6. The Morgan fingerprint density at radius 3 is 1.54 bits per heavy atom. The van der Waals surface area contributed by atoms with E-state index in [9.17, 15) is 4.79 Å². The molecule has 0 unspecified atom stereocenters. The zero-order chi connectivity index (χ0) is 10.9. The van der Waals surface area contributed by atoms with Crippen LogP contribution in [0.25, 0.3) is 0 Å². The maximum absolute atomic E-state index is 9.82. The van der Waals surface area contributed by atoms with E-state index >= 15 is 0 Å². The Kier molecular flexibility index (Phi) is 10.9. The van der Waals surface area contributed by atoms with E-state index in [-0.39, 0.29) is 5.97 Å². The number of carbonyl (C=O) groups is 1. The molecule has 13 heavy (non-hydrogen) atoms. The number of hydrogen-bond acceptors (Lipinski definition) is 3. The average Bonchev–Trinajstić information content (AvgIpc) is 1.83. The molecule has 0 saturated carbocycles. The average molecular weight is 190 g/mol. The zero-order valence-electron chi connectivity index (χ0n) is 9.59. The molecule has 0 bridgehead atoms. The van der Waals surface area contributed by atoms with Gasteiger partial charge < -0.3 is 9.47 Å². The second-order valence-corrected chi connectivity index (χ2v) is 3.16. The number of rotatable bonds is 3. The zero-order valence-corrected chi connectivity index (χ0v) is 9.59. The molecule has 0 aromatic heterocycles. The van der Waals surface area contributed by atoms with Gasteiger partial charge in [-0.3, -0.25) is 4.79 Å². The van der Waals surface area contributed by atoms with Crippen molar-refractivity contribution in [2.75, 3.05) is 6.61 Å². The highest BCUT2D eigenvalue weighted by Gasteiger charge is 1.94. The molecule has 0 amide bonds. The van der Waals surface area contributed by atoms with Gasteiger partial charge in [0, 0.05) is 6.92 Å². The van der Waals surface area contributed by atoms with E-state index in [0.717, 1.165) is 0 Å². The largest absolute Gasteiger partial charge is 0.466 e. The van der Waals surface area contributed by atoms with Crippen molar-refractivity contribution >= 4 is 5.97 Å². The highest BCUT2D eigenvalue weighted by Crippen LogP contribution is 1.93. The monoisotopic (exact) mass is 190 g/mol. The molecule has 0 N–H and O–H groups in total. The van der Waals surface area contributed by atoms with E-state index in [4.69, 9.17) is 4.74 Å². The minimum absolute atomic E-state index is 0.211. The first kappa shape index (κ1) is 14.9. The molecule has 0 aliphatic carbocycles. The summed E-state index contributed by atoms with van der Waals surface area (Å²) >= 11 is 0.